The molecule has 2 rings (SSSR count). The van der Waals surface area contributed by atoms with E-state index in [1.165, 1.54) is 0 Å². The molecule has 0 saturated carbocycles. The number of hydrogen-bond acceptors (Lipinski definition) is 1. The van der Waals surface area contributed by atoms with E-state index in [2.05, 4.69) is 0 Å². The van der Waals surface area contributed by atoms with Gasteiger partial charge in [0.05, 0.1) is 17.0 Å². The number of benzene rings is 1. The van der Waals surface area contributed by atoms with Gasteiger partial charge in [0.1, 0.15) is 0 Å². The van der Waals surface area contributed by atoms with Gasteiger partial charge >= 0.3 is 5.97 Å². The minimum atomic E-state index is -0.824. The Kier molecular flexibility index (Phi) is 3.08. The molecular weight excluding hydrogens is 249 g/mol. The van der Waals surface area contributed by atoms with Crippen molar-refractivity contribution < 1.29 is 9.90 Å². The number of nitrogens with zero attached hydrogens (tertiary/aromatic N) is 1. The van der Waals surface area contributed by atoms with Crippen LogP contribution in [0.25, 0.3) is 10.9 Å². The number of carbonyl (C=O) groups is 1. The molecule has 0 amide bonds. The van der Waals surface area contributed by atoms with Crippen LogP contribution >= 0.6 is 23.2 Å². The minimum absolute atomic E-state index is 0.0773. The zero-order valence-electron chi connectivity index (χ0n) is 8.28. The predicted octanol–water partition coefficient (Wildman–Crippen LogP) is 3.42. The number of fused-ring (bicyclic) bond motifs is 1. The van der Waals surface area contributed by atoms with Crippen LogP contribution in [0.15, 0.2) is 24.4 Å². The molecule has 84 valence electrons. The summed E-state index contributed by atoms with van der Waals surface area (Å²) in [5.74, 6) is -0.824. The lowest BCUT2D eigenvalue weighted by molar-refractivity contribution is -0.137. The Bertz CT molecular complexity index is 548. The van der Waals surface area contributed by atoms with Crippen LogP contribution in [-0.2, 0) is 11.3 Å². The van der Waals surface area contributed by atoms with Crippen LogP contribution in [-0.4, -0.2) is 15.6 Å². The third-order valence-electron chi connectivity index (χ3n) is 2.37. The van der Waals surface area contributed by atoms with Gasteiger partial charge in [-0.3, -0.25) is 4.79 Å². The van der Waals surface area contributed by atoms with E-state index in [0.29, 0.717) is 16.6 Å². The van der Waals surface area contributed by atoms with Crippen molar-refractivity contribution in [1.82, 2.24) is 4.57 Å². The van der Waals surface area contributed by atoms with E-state index in [9.17, 15) is 4.79 Å². The monoisotopic (exact) mass is 257 g/mol. The van der Waals surface area contributed by atoms with Crippen molar-refractivity contribution in [2.24, 2.45) is 0 Å². The summed E-state index contributed by atoms with van der Waals surface area (Å²) in [6.45, 7) is 0.412. The Labute approximate surface area is 102 Å². The molecule has 1 heterocycles. The molecule has 0 aliphatic rings. The first-order valence-electron chi connectivity index (χ1n) is 4.73. The Hall–Kier alpha value is -1.19. The van der Waals surface area contributed by atoms with Crippen molar-refractivity contribution in [2.75, 3.05) is 0 Å². The highest BCUT2D eigenvalue weighted by atomic mass is 35.5. The summed E-state index contributed by atoms with van der Waals surface area (Å²) in [6, 6.07) is 5.31. The first kappa shape index (κ1) is 11.3. The Morgan fingerprint density at radius 1 is 1.38 bits per heavy atom. The van der Waals surface area contributed by atoms with Crippen molar-refractivity contribution in [1.29, 1.82) is 0 Å². The summed E-state index contributed by atoms with van der Waals surface area (Å²) >= 11 is 11.9. The fourth-order valence-corrected chi connectivity index (χ4v) is 2.18. The van der Waals surface area contributed by atoms with E-state index in [0.717, 1.165) is 10.9 Å². The average Bonchev–Trinajstić information content (AvgIpc) is 2.58. The summed E-state index contributed by atoms with van der Waals surface area (Å²) in [5.41, 5.74) is 0.860. The summed E-state index contributed by atoms with van der Waals surface area (Å²) in [5, 5.41) is 10.6. The van der Waals surface area contributed by atoms with Crippen LogP contribution in [0.5, 0.6) is 0 Å². The average molecular weight is 258 g/mol. The quantitative estimate of drug-likeness (QED) is 0.916. The molecule has 1 aromatic carbocycles. The maximum atomic E-state index is 10.5. The maximum absolute atomic E-state index is 10.5. The highest BCUT2D eigenvalue weighted by Crippen LogP contribution is 2.28. The highest BCUT2D eigenvalue weighted by Gasteiger charge is 2.07. The number of aromatic nitrogens is 1. The van der Waals surface area contributed by atoms with Crippen LogP contribution in [0.2, 0.25) is 10.0 Å². The van der Waals surface area contributed by atoms with E-state index in [4.69, 9.17) is 28.3 Å². The van der Waals surface area contributed by atoms with Gasteiger partial charge in [-0.1, -0.05) is 23.2 Å². The van der Waals surface area contributed by atoms with Gasteiger partial charge in [-0.15, -0.1) is 0 Å². The van der Waals surface area contributed by atoms with E-state index in [1.54, 1.807) is 12.1 Å². The topological polar surface area (TPSA) is 42.2 Å². The smallest absolute Gasteiger partial charge is 0.305 e. The standard InChI is InChI=1S/C11H9Cl2NO2/c12-7-5-9(13)8-1-3-14(10(8)6-7)4-2-11(15)16/h1,3,5-6H,2,4H2,(H,15,16). The summed E-state index contributed by atoms with van der Waals surface area (Å²) in [7, 11) is 0. The molecule has 0 atom stereocenters. The lowest BCUT2D eigenvalue weighted by Crippen LogP contribution is -2.03. The molecule has 1 aromatic heterocycles. The molecule has 0 radical (unpaired) electrons. The second-order valence-corrected chi connectivity index (χ2v) is 4.32. The largest absolute Gasteiger partial charge is 0.481 e. The molecule has 0 bridgehead atoms. The van der Waals surface area contributed by atoms with E-state index in [-0.39, 0.29) is 6.42 Å². The number of aryl methyl sites for hydroxylation is 1. The summed E-state index contributed by atoms with van der Waals surface area (Å²) in [4.78, 5) is 10.5. The fraction of sp³-hybridized carbons (Fsp3) is 0.182. The van der Waals surface area contributed by atoms with Crippen LogP contribution in [0.4, 0.5) is 0 Å². The van der Waals surface area contributed by atoms with Crippen molar-refractivity contribution >= 4 is 40.1 Å². The van der Waals surface area contributed by atoms with E-state index < -0.39 is 5.97 Å². The third-order valence-corrected chi connectivity index (χ3v) is 2.90. The Morgan fingerprint density at radius 2 is 2.12 bits per heavy atom. The number of carboxylic acid groups (broad SMARTS) is 1. The summed E-state index contributed by atoms with van der Waals surface area (Å²) in [6.07, 6.45) is 1.89. The van der Waals surface area contributed by atoms with Crippen LogP contribution in [0.3, 0.4) is 0 Å². The van der Waals surface area contributed by atoms with Gasteiger partial charge in [0, 0.05) is 23.2 Å². The summed E-state index contributed by atoms with van der Waals surface area (Å²) < 4.78 is 1.83. The maximum Gasteiger partial charge on any atom is 0.305 e. The first-order valence-corrected chi connectivity index (χ1v) is 5.49. The Balaban J connectivity index is 2.43. The molecule has 0 aliphatic carbocycles. The minimum Gasteiger partial charge on any atom is -0.481 e. The zero-order valence-corrected chi connectivity index (χ0v) is 9.79. The Morgan fingerprint density at radius 3 is 2.81 bits per heavy atom. The van der Waals surface area contributed by atoms with E-state index >= 15 is 0 Å². The van der Waals surface area contributed by atoms with Gasteiger partial charge in [0.25, 0.3) is 0 Å². The van der Waals surface area contributed by atoms with Crippen LogP contribution < -0.4 is 0 Å². The van der Waals surface area contributed by atoms with Crippen molar-refractivity contribution in [2.45, 2.75) is 13.0 Å². The molecule has 16 heavy (non-hydrogen) atoms. The normalized spacial score (nSPS) is 10.9. The van der Waals surface area contributed by atoms with Gasteiger partial charge in [0.15, 0.2) is 0 Å². The van der Waals surface area contributed by atoms with Crippen molar-refractivity contribution in [3.8, 4) is 0 Å². The van der Waals surface area contributed by atoms with Gasteiger partial charge in [-0.2, -0.15) is 0 Å². The number of hydrogen-bond donors (Lipinski definition) is 1. The van der Waals surface area contributed by atoms with E-state index in [1.807, 2.05) is 16.8 Å². The predicted molar refractivity (Wildman–Crippen MR) is 64.2 cm³/mol. The molecule has 2 aromatic rings. The number of rotatable bonds is 3. The number of halogens is 2. The lowest BCUT2D eigenvalue weighted by Gasteiger charge is -2.04. The van der Waals surface area contributed by atoms with Crippen molar-refractivity contribution in [3.63, 3.8) is 0 Å². The molecule has 1 N–H and O–H groups in total. The van der Waals surface area contributed by atoms with Gasteiger partial charge in [-0.05, 0) is 18.2 Å². The van der Waals surface area contributed by atoms with Crippen molar-refractivity contribution in [3.05, 3.63) is 34.4 Å². The number of aliphatic carboxylic acids is 1. The van der Waals surface area contributed by atoms with Gasteiger partial charge in [0.2, 0.25) is 0 Å². The molecule has 0 saturated heterocycles. The third kappa shape index (κ3) is 2.15. The second kappa shape index (κ2) is 4.36. The molecular formula is C11H9Cl2NO2. The van der Waals surface area contributed by atoms with Crippen LogP contribution in [0, 0.1) is 0 Å². The lowest BCUT2D eigenvalue weighted by atomic mass is 10.2. The molecule has 5 heteroatoms. The fourth-order valence-electron chi connectivity index (χ4n) is 1.63. The molecule has 0 spiro atoms. The van der Waals surface area contributed by atoms with Gasteiger partial charge in [-0.25, -0.2) is 0 Å². The first-order chi connectivity index (χ1) is 7.58. The molecule has 0 fully saturated rings. The second-order valence-electron chi connectivity index (χ2n) is 3.47. The zero-order chi connectivity index (χ0) is 11.7. The molecule has 0 unspecified atom stereocenters. The SMILES string of the molecule is O=C(O)CCn1ccc2c(Cl)cc(Cl)cc21. The molecule has 0 aliphatic heterocycles. The van der Waals surface area contributed by atoms with Crippen LogP contribution in [0.1, 0.15) is 6.42 Å². The number of carboxylic acids is 1. The highest BCUT2D eigenvalue weighted by molar-refractivity contribution is 6.38. The molecule has 3 nitrogen and oxygen atoms in total. The van der Waals surface area contributed by atoms with Gasteiger partial charge < -0.3 is 9.67 Å².